The first-order chi connectivity index (χ1) is 2.83. The van der Waals surface area contributed by atoms with Crippen molar-refractivity contribution in [1.82, 2.24) is 0 Å². The Kier molecular flexibility index (Phi) is 0.769. The average Bonchev–Trinajstić information content (AvgIpc) is 0.503. The molecule has 0 unspecified atom stereocenters. The van der Waals surface area contributed by atoms with Crippen LogP contribution in [0.15, 0.2) is 0 Å². The van der Waals surface area contributed by atoms with Gasteiger partial charge in [-0.3, -0.25) is 0 Å². The van der Waals surface area contributed by atoms with Gasteiger partial charge in [-0.05, 0) is 0 Å². The SMILES string of the molecule is [NH2][Pt]([NH2])([NH2])([NH2])([OH])([OH])([Cl])[Cl]. The number of hydrogen-bond donors (Lipinski definition) is 6. The fourth-order valence-corrected chi connectivity index (χ4v) is 0. The molecule has 66 valence electrons. The van der Waals surface area contributed by atoms with E-state index < -0.39 is 10.7 Å². The van der Waals surface area contributed by atoms with Crippen LogP contribution in [0.1, 0.15) is 0 Å². The van der Waals surface area contributed by atoms with Crippen molar-refractivity contribution < 1.29 is 18.3 Å². The van der Waals surface area contributed by atoms with Gasteiger partial charge in [0.2, 0.25) is 0 Å². The Morgan fingerprint density at radius 3 is 0.889 bits per heavy atom. The molecule has 0 aromatic heterocycles. The Hall–Kier alpha value is 1.03. The molecule has 10 N–H and O–H groups in total. The third-order valence-electron chi connectivity index (χ3n) is 0. The summed E-state index contributed by atoms with van der Waals surface area (Å²) >= 11 is 0. The predicted molar refractivity (Wildman–Crippen MR) is 32.9 cm³/mol. The van der Waals surface area contributed by atoms with Gasteiger partial charge in [-0.25, -0.2) is 0 Å². The molecule has 0 aromatic carbocycles. The normalized spacial score (nSPS) is 31.1. The molecule has 0 radical (unpaired) electrons. The van der Waals surface area contributed by atoms with Gasteiger partial charge in [0.25, 0.3) is 0 Å². The molecule has 6 nitrogen and oxygen atoms in total. The van der Waals surface area contributed by atoms with Crippen LogP contribution < -0.4 is 17.2 Å². The standard InChI is InChI=1S/2ClH.4H2N.2H2O.Pt/h2*1H;6*1H2;/q;;4*-1;;;+8/p-4. The van der Waals surface area contributed by atoms with Crippen LogP contribution in [0, 0.1) is 0 Å². The van der Waals surface area contributed by atoms with Crippen LogP contribution in [0.25, 0.3) is 0 Å². The van der Waals surface area contributed by atoms with Gasteiger partial charge < -0.3 is 0 Å². The number of rotatable bonds is 0. The van der Waals surface area contributed by atoms with Crippen molar-refractivity contribution in [2.45, 2.75) is 0 Å². The van der Waals surface area contributed by atoms with Crippen LogP contribution >= 0.6 is 18.8 Å². The van der Waals surface area contributed by atoms with E-state index in [1.165, 1.54) is 0 Å². The second kappa shape index (κ2) is 0.691. The monoisotopic (exact) mass is 363 g/mol. The van der Waals surface area contributed by atoms with Gasteiger partial charge in [0.1, 0.15) is 0 Å². The molecule has 0 aliphatic heterocycles. The zero-order chi connectivity index (χ0) is 8.35. The molecule has 0 bridgehead atoms. The molecule has 0 aliphatic carbocycles. The van der Waals surface area contributed by atoms with Crippen LogP contribution in [-0.2, 0) is 10.7 Å². The van der Waals surface area contributed by atoms with Gasteiger partial charge in [-0.15, -0.1) is 0 Å². The van der Waals surface area contributed by atoms with Gasteiger partial charge in [-0.1, -0.05) is 0 Å². The Labute approximate surface area is 54.4 Å². The first-order valence-corrected chi connectivity index (χ1v) is 14.2. The zero-order valence-corrected chi connectivity index (χ0v) is 8.06. The number of hydrogen-bond acceptors (Lipinski definition) is 6. The van der Waals surface area contributed by atoms with E-state index in [0.29, 0.717) is 0 Å². The topological polar surface area (TPSA) is 145 Å². The summed E-state index contributed by atoms with van der Waals surface area (Å²) in [7, 11) is 1.14. The second-order valence-electron chi connectivity index (χ2n) is 2.16. The van der Waals surface area contributed by atoms with Crippen molar-refractivity contribution in [3.63, 3.8) is 0 Å². The van der Waals surface area contributed by atoms with E-state index in [0.717, 1.165) is 0 Å². The molecule has 0 spiro atoms. The first kappa shape index (κ1) is 10.0. The third kappa shape index (κ3) is 422. The van der Waals surface area contributed by atoms with Crippen molar-refractivity contribution in [1.29, 1.82) is 0 Å². The van der Waals surface area contributed by atoms with Crippen LogP contribution in [0.2, 0.25) is 0 Å². The van der Waals surface area contributed by atoms with Crippen LogP contribution in [0.4, 0.5) is 0 Å². The fraction of sp³-hybridized carbons (Fsp3) is 0. The summed E-state index contributed by atoms with van der Waals surface area (Å²) in [5, 5.41) is 0. The quantitative estimate of drug-likeness (QED) is 0.291. The second-order valence-corrected chi connectivity index (χ2v) is 33.2. The zero-order valence-electron chi connectivity index (χ0n) is 4.28. The summed E-state index contributed by atoms with van der Waals surface area (Å²) < 4.78 is 35.3. The van der Waals surface area contributed by atoms with E-state index in [4.69, 9.17) is 26.4 Å². The summed E-state index contributed by atoms with van der Waals surface area (Å²) in [6, 6.07) is 0. The Morgan fingerprint density at radius 2 is 0.889 bits per heavy atom. The number of nitrogens with two attached hydrogens (primary N) is 4. The summed E-state index contributed by atoms with van der Waals surface area (Å²) in [5.74, 6) is 0. The summed E-state index contributed by atoms with van der Waals surface area (Å²) in [6.45, 7) is 0. The van der Waals surface area contributed by atoms with Crippen LogP contribution in [0.5, 0.6) is 0 Å². The van der Waals surface area contributed by atoms with E-state index in [2.05, 4.69) is 17.2 Å². The molecule has 0 saturated heterocycles. The van der Waals surface area contributed by atoms with Gasteiger partial charge in [0.05, 0.1) is 0 Å². The molecular formula is H10Cl2N4O2Pt. The molecule has 0 heterocycles. The Morgan fingerprint density at radius 1 is 0.889 bits per heavy atom. The molecule has 0 aromatic rings. The van der Waals surface area contributed by atoms with E-state index in [-0.39, 0.29) is 0 Å². The van der Waals surface area contributed by atoms with E-state index >= 15 is 0 Å². The average molecular weight is 364 g/mol. The van der Waals surface area contributed by atoms with Crippen molar-refractivity contribution in [3.8, 4) is 0 Å². The van der Waals surface area contributed by atoms with Crippen molar-refractivity contribution in [2.75, 3.05) is 0 Å². The molecule has 9 heavy (non-hydrogen) atoms. The molecular weight excluding hydrogens is 354 g/mol. The molecule has 0 atom stereocenters. The van der Waals surface area contributed by atoms with Gasteiger partial charge in [-0.2, -0.15) is 0 Å². The minimum atomic E-state index is -8.26. The van der Waals surface area contributed by atoms with Crippen LogP contribution in [-0.4, -0.2) is 7.52 Å². The predicted octanol–water partition coefficient (Wildman–Crippen LogP) is -2.10. The number of halogens is 2. The van der Waals surface area contributed by atoms with Crippen molar-refractivity contribution >= 4 is 18.8 Å². The van der Waals surface area contributed by atoms with E-state index in [9.17, 15) is 0 Å². The Balaban J connectivity index is 5.84. The van der Waals surface area contributed by atoms with Crippen molar-refractivity contribution in [2.24, 2.45) is 17.2 Å². The maximum atomic E-state index is 8.74. The van der Waals surface area contributed by atoms with Gasteiger partial charge >= 0.3 is 54.3 Å². The summed E-state index contributed by atoms with van der Waals surface area (Å²) in [4.78, 5) is 0. The Bertz CT molecular complexity index is 151. The molecule has 0 aliphatic rings. The molecule has 0 amide bonds. The molecule has 9 heteroatoms. The first-order valence-electron chi connectivity index (χ1n) is 1.25. The molecule has 0 fully saturated rings. The van der Waals surface area contributed by atoms with Gasteiger partial charge in [0, 0.05) is 0 Å². The van der Waals surface area contributed by atoms with Crippen LogP contribution in [0.3, 0.4) is 0 Å². The van der Waals surface area contributed by atoms with E-state index in [1.54, 1.807) is 0 Å². The van der Waals surface area contributed by atoms with E-state index in [1.807, 2.05) is 0 Å². The fourth-order valence-electron chi connectivity index (χ4n) is 0. The summed E-state index contributed by atoms with van der Waals surface area (Å²) in [6.07, 6.45) is 0. The van der Waals surface area contributed by atoms with Crippen molar-refractivity contribution in [3.05, 3.63) is 0 Å². The minimum absolute atomic E-state index is 4.46. The molecule has 0 saturated carbocycles. The summed E-state index contributed by atoms with van der Waals surface area (Å²) in [5.41, 5.74) is 0. The molecule has 0 rings (SSSR count). The maximum absolute atomic E-state index is 8.74. The van der Waals surface area contributed by atoms with Gasteiger partial charge in [0.15, 0.2) is 0 Å². The third-order valence-corrected chi connectivity index (χ3v) is 0.